The van der Waals surface area contributed by atoms with Gasteiger partial charge in [0.15, 0.2) is 0 Å². The zero-order chi connectivity index (χ0) is 6.85. The van der Waals surface area contributed by atoms with E-state index in [1.165, 1.54) is 6.42 Å². The second kappa shape index (κ2) is 2.70. The first-order chi connectivity index (χ1) is 4.25. The lowest BCUT2D eigenvalue weighted by Crippen LogP contribution is -1.94. The van der Waals surface area contributed by atoms with Crippen LogP contribution in [0, 0.1) is 17.8 Å². The molecule has 2 unspecified atom stereocenters. The lowest BCUT2D eigenvalue weighted by molar-refractivity contribution is 0.274. The van der Waals surface area contributed by atoms with Gasteiger partial charge >= 0.3 is 0 Å². The van der Waals surface area contributed by atoms with E-state index in [0.717, 1.165) is 24.2 Å². The zero-order valence-electron chi connectivity index (χ0n) is 6.30. The highest BCUT2D eigenvalue weighted by Crippen LogP contribution is 2.45. The summed E-state index contributed by atoms with van der Waals surface area (Å²) in [4.78, 5) is 0. The average molecular weight is 128 g/mol. The molecule has 0 spiro atoms. The van der Waals surface area contributed by atoms with Gasteiger partial charge < -0.3 is 5.11 Å². The summed E-state index contributed by atoms with van der Waals surface area (Å²) in [6.07, 6.45) is 2.39. The van der Waals surface area contributed by atoms with Crippen LogP contribution < -0.4 is 0 Å². The Kier molecular flexibility index (Phi) is 2.12. The summed E-state index contributed by atoms with van der Waals surface area (Å²) >= 11 is 0. The SMILES string of the molecule is CC(C)C1CC1CCO. The van der Waals surface area contributed by atoms with E-state index in [4.69, 9.17) is 5.11 Å². The maximum atomic E-state index is 8.58. The summed E-state index contributed by atoms with van der Waals surface area (Å²) in [5.74, 6) is 2.62. The van der Waals surface area contributed by atoms with Crippen LogP contribution in [0.2, 0.25) is 0 Å². The molecule has 0 radical (unpaired) electrons. The van der Waals surface area contributed by atoms with Crippen molar-refractivity contribution in [2.24, 2.45) is 17.8 Å². The van der Waals surface area contributed by atoms with E-state index in [1.54, 1.807) is 0 Å². The molecule has 9 heavy (non-hydrogen) atoms. The van der Waals surface area contributed by atoms with Gasteiger partial charge in [-0.15, -0.1) is 0 Å². The first-order valence-corrected chi connectivity index (χ1v) is 3.86. The van der Waals surface area contributed by atoms with Crippen LogP contribution in [0.1, 0.15) is 26.7 Å². The molecule has 0 saturated heterocycles. The maximum Gasteiger partial charge on any atom is 0.0433 e. The molecule has 0 aliphatic heterocycles. The molecule has 1 saturated carbocycles. The van der Waals surface area contributed by atoms with Crippen molar-refractivity contribution in [3.05, 3.63) is 0 Å². The van der Waals surface area contributed by atoms with Crippen molar-refractivity contribution in [3.8, 4) is 0 Å². The summed E-state index contributed by atoms with van der Waals surface area (Å²) in [6.45, 7) is 4.91. The van der Waals surface area contributed by atoms with Crippen LogP contribution in [0.4, 0.5) is 0 Å². The molecular formula is C8H16O. The summed E-state index contributed by atoms with van der Waals surface area (Å²) in [5.41, 5.74) is 0. The van der Waals surface area contributed by atoms with Gasteiger partial charge in [-0.2, -0.15) is 0 Å². The largest absolute Gasteiger partial charge is 0.396 e. The van der Waals surface area contributed by atoms with E-state index in [9.17, 15) is 0 Å². The number of hydrogen-bond acceptors (Lipinski definition) is 1. The molecule has 1 aliphatic rings. The van der Waals surface area contributed by atoms with Gasteiger partial charge in [0, 0.05) is 6.61 Å². The third kappa shape index (κ3) is 1.68. The Balaban J connectivity index is 2.09. The Morgan fingerprint density at radius 2 is 2.22 bits per heavy atom. The highest BCUT2D eigenvalue weighted by molar-refractivity contribution is 4.87. The van der Waals surface area contributed by atoms with E-state index in [-0.39, 0.29) is 0 Å². The van der Waals surface area contributed by atoms with Crippen LogP contribution >= 0.6 is 0 Å². The Morgan fingerprint density at radius 3 is 2.56 bits per heavy atom. The molecule has 1 heteroatoms. The lowest BCUT2D eigenvalue weighted by Gasteiger charge is -2.00. The van der Waals surface area contributed by atoms with Crippen molar-refractivity contribution in [3.63, 3.8) is 0 Å². The Morgan fingerprint density at radius 1 is 1.56 bits per heavy atom. The van der Waals surface area contributed by atoms with E-state index < -0.39 is 0 Å². The van der Waals surface area contributed by atoms with Gasteiger partial charge in [-0.1, -0.05) is 13.8 Å². The van der Waals surface area contributed by atoms with E-state index in [0.29, 0.717) is 6.61 Å². The fraction of sp³-hybridized carbons (Fsp3) is 1.00. The number of rotatable bonds is 3. The topological polar surface area (TPSA) is 20.2 Å². The summed E-state index contributed by atoms with van der Waals surface area (Å²) in [6, 6.07) is 0. The predicted octanol–water partition coefficient (Wildman–Crippen LogP) is 1.66. The molecule has 2 atom stereocenters. The summed E-state index contributed by atoms with van der Waals surface area (Å²) in [7, 11) is 0. The lowest BCUT2D eigenvalue weighted by atomic mass is 10.1. The quantitative estimate of drug-likeness (QED) is 0.613. The van der Waals surface area contributed by atoms with Gasteiger partial charge in [-0.25, -0.2) is 0 Å². The molecule has 0 aromatic rings. The predicted molar refractivity (Wildman–Crippen MR) is 38.1 cm³/mol. The molecule has 0 bridgehead atoms. The highest BCUT2D eigenvalue weighted by atomic mass is 16.3. The minimum Gasteiger partial charge on any atom is -0.396 e. The van der Waals surface area contributed by atoms with Gasteiger partial charge in [0.25, 0.3) is 0 Å². The molecule has 0 amide bonds. The van der Waals surface area contributed by atoms with Crippen molar-refractivity contribution in [2.75, 3.05) is 6.61 Å². The Bertz CT molecular complexity index is 88.6. The molecule has 0 aromatic carbocycles. The number of aliphatic hydroxyl groups is 1. The number of aliphatic hydroxyl groups excluding tert-OH is 1. The Hall–Kier alpha value is -0.0400. The smallest absolute Gasteiger partial charge is 0.0433 e. The molecule has 0 heterocycles. The van der Waals surface area contributed by atoms with Crippen molar-refractivity contribution in [1.82, 2.24) is 0 Å². The average Bonchev–Trinajstić information content (AvgIpc) is 2.47. The van der Waals surface area contributed by atoms with Crippen LogP contribution in [0.15, 0.2) is 0 Å². The Labute approximate surface area is 57.1 Å². The normalized spacial score (nSPS) is 33.3. The van der Waals surface area contributed by atoms with Gasteiger partial charge in [-0.3, -0.25) is 0 Å². The number of hydrogen-bond donors (Lipinski definition) is 1. The molecular weight excluding hydrogens is 112 g/mol. The monoisotopic (exact) mass is 128 g/mol. The van der Waals surface area contributed by atoms with Crippen LogP contribution in [-0.2, 0) is 0 Å². The van der Waals surface area contributed by atoms with Crippen molar-refractivity contribution in [2.45, 2.75) is 26.7 Å². The molecule has 0 aromatic heterocycles. The highest BCUT2D eigenvalue weighted by Gasteiger charge is 2.37. The van der Waals surface area contributed by atoms with Gasteiger partial charge in [0.1, 0.15) is 0 Å². The minimum absolute atomic E-state index is 0.383. The summed E-state index contributed by atoms with van der Waals surface area (Å²) < 4.78 is 0. The maximum absolute atomic E-state index is 8.58. The van der Waals surface area contributed by atoms with Crippen molar-refractivity contribution in [1.29, 1.82) is 0 Å². The molecule has 1 nitrogen and oxygen atoms in total. The third-order valence-electron chi connectivity index (χ3n) is 2.33. The van der Waals surface area contributed by atoms with Crippen molar-refractivity contribution < 1.29 is 5.11 Å². The fourth-order valence-electron chi connectivity index (χ4n) is 1.59. The second-order valence-electron chi connectivity index (χ2n) is 3.42. The second-order valence-corrected chi connectivity index (χ2v) is 3.42. The standard InChI is InChI=1S/C8H16O/c1-6(2)8-5-7(8)3-4-9/h6-9H,3-5H2,1-2H3. The van der Waals surface area contributed by atoms with Gasteiger partial charge in [0.2, 0.25) is 0 Å². The molecule has 1 N–H and O–H groups in total. The van der Waals surface area contributed by atoms with E-state index in [1.807, 2.05) is 0 Å². The first kappa shape index (κ1) is 7.07. The first-order valence-electron chi connectivity index (χ1n) is 3.86. The summed E-state index contributed by atoms with van der Waals surface area (Å²) in [5, 5.41) is 8.58. The van der Waals surface area contributed by atoms with E-state index in [2.05, 4.69) is 13.8 Å². The third-order valence-corrected chi connectivity index (χ3v) is 2.33. The fourth-order valence-corrected chi connectivity index (χ4v) is 1.59. The molecule has 1 fully saturated rings. The molecule has 1 aliphatic carbocycles. The van der Waals surface area contributed by atoms with Crippen LogP contribution in [0.5, 0.6) is 0 Å². The van der Waals surface area contributed by atoms with Gasteiger partial charge in [0.05, 0.1) is 0 Å². The molecule has 1 rings (SSSR count). The van der Waals surface area contributed by atoms with Crippen molar-refractivity contribution >= 4 is 0 Å². The molecule has 54 valence electrons. The van der Waals surface area contributed by atoms with Crippen LogP contribution in [0.25, 0.3) is 0 Å². The minimum atomic E-state index is 0.383. The van der Waals surface area contributed by atoms with E-state index >= 15 is 0 Å². The van der Waals surface area contributed by atoms with Gasteiger partial charge in [-0.05, 0) is 30.6 Å². The zero-order valence-corrected chi connectivity index (χ0v) is 6.30. The van der Waals surface area contributed by atoms with Crippen LogP contribution in [0.3, 0.4) is 0 Å². The van der Waals surface area contributed by atoms with Crippen LogP contribution in [-0.4, -0.2) is 11.7 Å².